The van der Waals surface area contributed by atoms with Gasteiger partial charge in [-0.1, -0.05) is 17.7 Å². The second-order valence-corrected chi connectivity index (χ2v) is 4.99. The first-order chi connectivity index (χ1) is 8.79. The van der Waals surface area contributed by atoms with E-state index < -0.39 is 0 Å². The fourth-order valence-electron chi connectivity index (χ4n) is 2.37. The number of rotatable bonds is 2. The van der Waals surface area contributed by atoms with Gasteiger partial charge in [0.25, 0.3) is 0 Å². The third kappa shape index (κ3) is 2.00. The van der Waals surface area contributed by atoms with Crippen molar-refractivity contribution in [3.05, 3.63) is 28.5 Å². The summed E-state index contributed by atoms with van der Waals surface area (Å²) in [5.74, 6) is 0.876. The van der Waals surface area contributed by atoms with E-state index in [-0.39, 0.29) is 6.10 Å². The van der Waals surface area contributed by atoms with Gasteiger partial charge in [0.05, 0.1) is 10.5 Å². The number of aromatic amines is 1. The van der Waals surface area contributed by atoms with Crippen molar-refractivity contribution in [1.29, 1.82) is 0 Å². The van der Waals surface area contributed by atoms with Crippen LogP contribution in [0.5, 0.6) is 0 Å². The van der Waals surface area contributed by atoms with Crippen LogP contribution in [0.25, 0.3) is 11.0 Å². The molecule has 0 radical (unpaired) electrons. The smallest absolute Gasteiger partial charge is 0.136 e. The Morgan fingerprint density at radius 3 is 3.06 bits per heavy atom. The predicted molar refractivity (Wildman–Crippen MR) is 71.5 cm³/mol. The number of nitrogens with zero attached hydrogens (tertiary/aromatic N) is 1. The maximum atomic E-state index is 6.29. The van der Waals surface area contributed by atoms with Gasteiger partial charge < -0.3 is 15.5 Å². The largest absolute Gasteiger partial charge is 0.370 e. The molecule has 18 heavy (non-hydrogen) atoms. The molecule has 0 aliphatic carbocycles. The number of benzene rings is 1. The number of nitrogens with two attached hydrogens (primary N) is 1. The first-order valence-electron chi connectivity index (χ1n) is 6.28. The lowest BCUT2D eigenvalue weighted by Crippen LogP contribution is -2.12. The number of hydrogen-bond acceptors (Lipinski definition) is 3. The molecular weight excluding hydrogens is 250 g/mol. The molecular formula is C13H16ClN3O. The summed E-state index contributed by atoms with van der Waals surface area (Å²) < 4.78 is 5.73. The third-order valence-electron chi connectivity index (χ3n) is 3.40. The molecule has 2 heterocycles. The van der Waals surface area contributed by atoms with E-state index in [1.54, 1.807) is 0 Å². The summed E-state index contributed by atoms with van der Waals surface area (Å²) in [7, 11) is 0. The summed E-state index contributed by atoms with van der Waals surface area (Å²) >= 11 is 6.29. The summed E-state index contributed by atoms with van der Waals surface area (Å²) in [4.78, 5) is 7.87. The Morgan fingerprint density at radius 1 is 1.44 bits per heavy atom. The molecule has 0 saturated carbocycles. The van der Waals surface area contributed by atoms with Crippen LogP contribution in [0, 0.1) is 0 Å². The molecule has 96 valence electrons. The Labute approximate surface area is 110 Å². The highest BCUT2D eigenvalue weighted by molar-refractivity contribution is 6.35. The van der Waals surface area contributed by atoms with Gasteiger partial charge >= 0.3 is 0 Å². The second-order valence-electron chi connectivity index (χ2n) is 4.62. The van der Waals surface area contributed by atoms with Crippen LogP contribution in [0.3, 0.4) is 0 Å². The van der Waals surface area contributed by atoms with E-state index in [1.807, 2.05) is 12.1 Å². The van der Waals surface area contributed by atoms with Gasteiger partial charge in [0, 0.05) is 13.2 Å². The number of hydrogen-bond donors (Lipinski definition) is 2. The molecule has 1 aliphatic rings. The van der Waals surface area contributed by atoms with Gasteiger partial charge in [-0.2, -0.15) is 0 Å². The Kier molecular flexibility index (Phi) is 3.24. The van der Waals surface area contributed by atoms with Crippen molar-refractivity contribution in [2.24, 2.45) is 5.73 Å². The molecule has 1 aliphatic heterocycles. The molecule has 1 aromatic heterocycles. The quantitative estimate of drug-likeness (QED) is 0.878. The van der Waals surface area contributed by atoms with Crippen LogP contribution in [0.1, 0.15) is 36.8 Å². The van der Waals surface area contributed by atoms with E-state index in [0.717, 1.165) is 41.9 Å². The van der Waals surface area contributed by atoms with Crippen molar-refractivity contribution < 1.29 is 4.74 Å². The van der Waals surface area contributed by atoms with Gasteiger partial charge in [-0.3, -0.25) is 0 Å². The standard InChI is InChI=1S/C13H16ClN3O/c14-11-8(7-15)4-5-9-12(11)17-13(16-9)10-3-1-2-6-18-10/h4-5,10H,1-3,6-7,15H2,(H,16,17). The molecule has 1 aromatic carbocycles. The lowest BCUT2D eigenvalue weighted by molar-refractivity contribution is 0.0101. The van der Waals surface area contributed by atoms with E-state index in [0.29, 0.717) is 11.6 Å². The van der Waals surface area contributed by atoms with Crippen LogP contribution < -0.4 is 5.73 Å². The summed E-state index contributed by atoms with van der Waals surface area (Å²) in [6.07, 6.45) is 3.41. The SMILES string of the molecule is NCc1ccc2[nH]c(C3CCCCO3)nc2c1Cl. The van der Waals surface area contributed by atoms with Crippen LogP contribution in [0.15, 0.2) is 12.1 Å². The van der Waals surface area contributed by atoms with Gasteiger partial charge in [-0.05, 0) is 30.9 Å². The number of ether oxygens (including phenoxy) is 1. The molecule has 1 saturated heterocycles. The Morgan fingerprint density at radius 2 is 2.33 bits per heavy atom. The molecule has 2 aromatic rings. The highest BCUT2D eigenvalue weighted by Crippen LogP contribution is 2.31. The average Bonchev–Trinajstić information content (AvgIpc) is 2.85. The second kappa shape index (κ2) is 4.88. The molecule has 3 rings (SSSR count). The minimum atomic E-state index is 0.0727. The van der Waals surface area contributed by atoms with Crippen LogP contribution in [-0.4, -0.2) is 16.6 Å². The fraction of sp³-hybridized carbons (Fsp3) is 0.462. The first kappa shape index (κ1) is 12.0. The normalized spacial score (nSPS) is 20.4. The summed E-state index contributed by atoms with van der Waals surface area (Å²) in [6, 6.07) is 3.91. The summed E-state index contributed by atoms with van der Waals surface area (Å²) in [6.45, 7) is 1.24. The number of fused-ring (bicyclic) bond motifs is 1. The molecule has 0 spiro atoms. The van der Waals surface area contributed by atoms with Crippen LogP contribution >= 0.6 is 11.6 Å². The fourth-order valence-corrected chi connectivity index (χ4v) is 2.65. The summed E-state index contributed by atoms with van der Waals surface area (Å²) in [5.41, 5.74) is 8.31. The topological polar surface area (TPSA) is 63.9 Å². The third-order valence-corrected chi connectivity index (χ3v) is 3.82. The van der Waals surface area contributed by atoms with Crippen molar-refractivity contribution in [1.82, 2.24) is 9.97 Å². The molecule has 5 heteroatoms. The lowest BCUT2D eigenvalue weighted by Gasteiger charge is -2.20. The maximum absolute atomic E-state index is 6.29. The van der Waals surface area contributed by atoms with Crippen molar-refractivity contribution in [3.63, 3.8) is 0 Å². The lowest BCUT2D eigenvalue weighted by atomic mass is 10.1. The zero-order valence-electron chi connectivity index (χ0n) is 10.1. The Hall–Kier alpha value is -1.10. The highest BCUT2D eigenvalue weighted by atomic mass is 35.5. The van der Waals surface area contributed by atoms with Crippen LogP contribution in [0.2, 0.25) is 5.02 Å². The number of nitrogens with one attached hydrogen (secondary N) is 1. The van der Waals surface area contributed by atoms with E-state index in [9.17, 15) is 0 Å². The van der Waals surface area contributed by atoms with Gasteiger partial charge in [-0.15, -0.1) is 0 Å². The average molecular weight is 266 g/mol. The van der Waals surface area contributed by atoms with E-state index in [4.69, 9.17) is 22.1 Å². The first-order valence-corrected chi connectivity index (χ1v) is 6.66. The van der Waals surface area contributed by atoms with Crippen molar-refractivity contribution in [2.75, 3.05) is 6.61 Å². The molecule has 0 amide bonds. The maximum Gasteiger partial charge on any atom is 0.136 e. The van der Waals surface area contributed by atoms with Crippen molar-refractivity contribution in [3.8, 4) is 0 Å². The van der Waals surface area contributed by atoms with Gasteiger partial charge in [0.15, 0.2) is 0 Å². The van der Waals surface area contributed by atoms with E-state index >= 15 is 0 Å². The molecule has 1 unspecified atom stereocenters. The Bertz CT molecular complexity index is 561. The highest BCUT2D eigenvalue weighted by Gasteiger charge is 2.20. The van der Waals surface area contributed by atoms with Gasteiger partial charge in [0.1, 0.15) is 17.4 Å². The van der Waals surface area contributed by atoms with Crippen LogP contribution in [-0.2, 0) is 11.3 Å². The monoisotopic (exact) mass is 265 g/mol. The minimum Gasteiger partial charge on any atom is -0.370 e. The molecule has 0 bridgehead atoms. The minimum absolute atomic E-state index is 0.0727. The number of H-pyrrole nitrogens is 1. The molecule has 4 nitrogen and oxygen atoms in total. The van der Waals surface area contributed by atoms with Gasteiger partial charge in [-0.25, -0.2) is 4.98 Å². The van der Waals surface area contributed by atoms with Crippen molar-refractivity contribution >= 4 is 22.6 Å². The zero-order chi connectivity index (χ0) is 12.5. The Balaban J connectivity index is 2.02. The number of imidazole rings is 1. The van der Waals surface area contributed by atoms with Gasteiger partial charge in [0.2, 0.25) is 0 Å². The predicted octanol–water partition coefficient (Wildman–Crippen LogP) is 2.92. The van der Waals surface area contributed by atoms with E-state index in [2.05, 4.69) is 9.97 Å². The number of halogens is 1. The number of aromatic nitrogens is 2. The van der Waals surface area contributed by atoms with Crippen molar-refractivity contribution in [2.45, 2.75) is 31.9 Å². The zero-order valence-corrected chi connectivity index (χ0v) is 10.8. The molecule has 1 atom stereocenters. The summed E-state index contributed by atoms with van der Waals surface area (Å²) in [5, 5.41) is 0.647. The van der Waals surface area contributed by atoms with E-state index in [1.165, 1.54) is 6.42 Å². The molecule has 3 N–H and O–H groups in total. The van der Waals surface area contributed by atoms with Crippen LogP contribution in [0.4, 0.5) is 0 Å². The molecule has 1 fully saturated rings.